The van der Waals surface area contributed by atoms with Crippen LogP contribution in [0, 0.1) is 0 Å². The fourth-order valence-corrected chi connectivity index (χ4v) is 5.94. The molecule has 1 saturated carbocycles. The van der Waals surface area contributed by atoms with Crippen LogP contribution < -0.4 is 4.87 Å². The molecular weight excluding hydrogens is 502 g/mol. The third-order valence-corrected chi connectivity index (χ3v) is 8.00. The molecule has 1 heterocycles. The molecular formula is C29H35N3O5S. The Morgan fingerprint density at radius 1 is 1.08 bits per heavy atom. The molecule has 2 amide bonds. The summed E-state index contributed by atoms with van der Waals surface area (Å²) in [5.74, 6) is -0.106. The van der Waals surface area contributed by atoms with Gasteiger partial charge in [-0.15, -0.1) is 0 Å². The lowest BCUT2D eigenvalue weighted by Gasteiger charge is -2.30. The second-order valence-corrected chi connectivity index (χ2v) is 10.6. The SMILES string of the molecule is C=CC(=O)N(CCOC(=O)N(CCc1ccc(O)c2[nH]c(=O)sc12)Cc1ccccc1)C1CCCCCC1. The van der Waals surface area contributed by atoms with Gasteiger partial charge in [-0.25, -0.2) is 4.79 Å². The molecule has 202 valence electrons. The van der Waals surface area contributed by atoms with Gasteiger partial charge in [0.15, 0.2) is 0 Å². The normalized spacial score (nSPS) is 14.1. The van der Waals surface area contributed by atoms with E-state index in [4.69, 9.17) is 4.74 Å². The lowest BCUT2D eigenvalue weighted by molar-refractivity contribution is -0.129. The number of phenolic OH excluding ortho intramolecular Hbond substituents is 1. The fraction of sp³-hybridized carbons (Fsp3) is 0.414. The average molecular weight is 538 g/mol. The van der Waals surface area contributed by atoms with Crippen molar-refractivity contribution in [2.24, 2.45) is 0 Å². The molecule has 1 fully saturated rings. The first kappa shape index (κ1) is 27.4. The molecule has 1 aliphatic carbocycles. The number of benzene rings is 2. The number of ether oxygens (including phenoxy) is 1. The van der Waals surface area contributed by atoms with Crippen LogP contribution in [0.3, 0.4) is 0 Å². The van der Waals surface area contributed by atoms with Crippen LogP contribution in [0.1, 0.15) is 49.7 Å². The van der Waals surface area contributed by atoms with E-state index < -0.39 is 6.09 Å². The van der Waals surface area contributed by atoms with Crippen molar-refractivity contribution in [2.45, 2.75) is 57.5 Å². The molecule has 8 nitrogen and oxygen atoms in total. The predicted octanol–water partition coefficient (Wildman–Crippen LogP) is 5.21. The van der Waals surface area contributed by atoms with Crippen LogP contribution in [-0.2, 0) is 22.5 Å². The van der Waals surface area contributed by atoms with E-state index in [1.54, 1.807) is 21.9 Å². The molecule has 2 aromatic carbocycles. The van der Waals surface area contributed by atoms with Gasteiger partial charge in [-0.1, -0.05) is 80.0 Å². The van der Waals surface area contributed by atoms with Gasteiger partial charge >= 0.3 is 11.0 Å². The van der Waals surface area contributed by atoms with Crippen molar-refractivity contribution in [1.82, 2.24) is 14.8 Å². The zero-order valence-corrected chi connectivity index (χ0v) is 22.4. The minimum absolute atomic E-state index is 0.0231. The van der Waals surface area contributed by atoms with Gasteiger partial charge in [-0.3, -0.25) is 9.59 Å². The number of hydrogen-bond acceptors (Lipinski definition) is 6. The predicted molar refractivity (Wildman–Crippen MR) is 149 cm³/mol. The largest absolute Gasteiger partial charge is 0.506 e. The maximum absolute atomic E-state index is 13.2. The number of thiazole rings is 1. The van der Waals surface area contributed by atoms with E-state index in [9.17, 15) is 19.5 Å². The molecule has 2 N–H and O–H groups in total. The summed E-state index contributed by atoms with van der Waals surface area (Å²) < 4.78 is 6.37. The maximum atomic E-state index is 13.2. The number of aromatic amines is 1. The van der Waals surface area contributed by atoms with Crippen LogP contribution in [0.2, 0.25) is 0 Å². The van der Waals surface area contributed by atoms with Crippen molar-refractivity contribution >= 4 is 33.6 Å². The number of carbonyl (C=O) groups is 2. The molecule has 0 atom stereocenters. The van der Waals surface area contributed by atoms with Crippen molar-refractivity contribution in [2.75, 3.05) is 19.7 Å². The zero-order valence-electron chi connectivity index (χ0n) is 21.6. The molecule has 38 heavy (non-hydrogen) atoms. The number of amides is 2. The van der Waals surface area contributed by atoms with Gasteiger partial charge in [0.1, 0.15) is 17.9 Å². The van der Waals surface area contributed by atoms with Crippen molar-refractivity contribution in [3.05, 3.63) is 75.9 Å². The van der Waals surface area contributed by atoms with E-state index in [0.717, 1.165) is 48.1 Å². The van der Waals surface area contributed by atoms with Gasteiger partial charge in [0.2, 0.25) is 5.91 Å². The summed E-state index contributed by atoms with van der Waals surface area (Å²) in [7, 11) is 0. The first-order valence-electron chi connectivity index (χ1n) is 13.2. The minimum Gasteiger partial charge on any atom is -0.506 e. The Morgan fingerprint density at radius 3 is 2.53 bits per heavy atom. The fourth-order valence-electron chi connectivity index (χ4n) is 5.05. The van der Waals surface area contributed by atoms with E-state index in [0.29, 0.717) is 36.3 Å². The van der Waals surface area contributed by atoms with E-state index in [1.807, 2.05) is 30.3 Å². The molecule has 0 bridgehead atoms. The van der Waals surface area contributed by atoms with Gasteiger partial charge in [-0.05, 0) is 42.5 Å². The van der Waals surface area contributed by atoms with Crippen molar-refractivity contribution < 1.29 is 19.4 Å². The van der Waals surface area contributed by atoms with Crippen LogP contribution in [0.4, 0.5) is 4.79 Å². The highest BCUT2D eigenvalue weighted by Gasteiger charge is 2.24. The third-order valence-electron chi connectivity index (χ3n) is 7.05. The quantitative estimate of drug-likeness (QED) is 0.273. The van der Waals surface area contributed by atoms with Gasteiger partial charge in [0, 0.05) is 19.1 Å². The Balaban J connectivity index is 1.43. The number of rotatable bonds is 10. The number of hydrogen-bond donors (Lipinski definition) is 2. The molecule has 9 heteroatoms. The number of phenols is 1. The smallest absolute Gasteiger partial charge is 0.410 e. The summed E-state index contributed by atoms with van der Waals surface area (Å²) in [6, 6.07) is 13.1. The highest BCUT2D eigenvalue weighted by atomic mass is 32.1. The molecule has 0 saturated heterocycles. The Kier molecular flexibility index (Phi) is 9.59. The van der Waals surface area contributed by atoms with Gasteiger partial charge < -0.3 is 24.6 Å². The summed E-state index contributed by atoms with van der Waals surface area (Å²) >= 11 is 1.04. The number of carbonyl (C=O) groups excluding carboxylic acids is 2. The van der Waals surface area contributed by atoms with Crippen molar-refractivity contribution in [1.29, 1.82) is 0 Å². The van der Waals surface area contributed by atoms with Gasteiger partial charge in [0.25, 0.3) is 0 Å². The summed E-state index contributed by atoms with van der Waals surface area (Å²) in [6.07, 6.45) is 7.83. The molecule has 1 aromatic heterocycles. The number of aromatic nitrogens is 1. The highest BCUT2D eigenvalue weighted by molar-refractivity contribution is 7.16. The third kappa shape index (κ3) is 7.04. The Labute approximate surface area is 226 Å². The van der Waals surface area contributed by atoms with Crippen LogP contribution in [0.5, 0.6) is 5.75 Å². The van der Waals surface area contributed by atoms with E-state index in [1.165, 1.54) is 18.9 Å². The molecule has 0 aliphatic heterocycles. The Bertz CT molecular complexity index is 1290. The second-order valence-electron chi connectivity index (χ2n) is 9.62. The second kappa shape index (κ2) is 13.3. The number of aromatic hydroxyl groups is 1. The molecule has 1 aliphatic rings. The maximum Gasteiger partial charge on any atom is 0.410 e. The molecule has 0 spiro atoms. The Morgan fingerprint density at radius 2 is 1.82 bits per heavy atom. The molecule has 0 unspecified atom stereocenters. The molecule has 3 aromatic rings. The van der Waals surface area contributed by atoms with E-state index in [2.05, 4.69) is 11.6 Å². The van der Waals surface area contributed by atoms with Crippen molar-refractivity contribution in [3.63, 3.8) is 0 Å². The summed E-state index contributed by atoms with van der Waals surface area (Å²) in [6.45, 7) is 4.81. The number of H-pyrrole nitrogens is 1. The Hall–Kier alpha value is -3.59. The van der Waals surface area contributed by atoms with Gasteiger partial charge in [-0.2, -0.15) is 0 Å². The lowest BCUT2D eigenvalue weighted by Crippen LogP contribution is -2.42. The van der Waals surface area contributed by atoms with Crippen LogP contribution in [0.15, 0.2) is 59.9 Å². The summed E-state index contributed by atoms with van der Waals surface area (Å²) in [5, 5.41) is 10.1. The minimum atomic E-state index is -0.460. The summed E-state index contributed by atoms with van der Waals surface area (Å²) in [5.41, 5.74) is 2.25. The van der Waals surface area contributed by atoms with Gasteiger partial charge in [0.05, 0.1) is 11.2 Å². The number of nitrogens with zero attached hydrogens (tertiary/aromatic N) is 2. The monoisotopic (exact) mass is 537 g/mol. The first-order valence-corrected chi connectivity index (χ1v) is 14.0. The van der Waals surface area contributed by atoms with E-state index in [-0.39, 0.29) is 29.2 Å². The van der Waals surface area contributed by atoms with Crippen LogP contribution >= 0.6 is 11.3 Å². The average Bonchev–Trinajstić information content (AvgIpc) is 3.14. The van der Waals surface area contributed by atoms with Crippen LogP contribution in [0.25, 0.3) is 10.2 Å². The highest BCUT2D eigenvalue weighted by Crippen LogP contribution is 2.28. The number of nitrogens with one attached hydrogen (secondary N) is 1. The van der Waals surface area contributed by atoms with Crippen LogP contribution in [-0.4, -0.2) is 57.6 Å². The topological polar surface area (TPSA) is 103 Å². The lowest BCUT2D eigenvalue weighted by atomic mass is 10.1. The number of fused-ring (bicyclic) bond motifs is 1. The summed E-state index contributed by atoms with van der Waals surface area (Å²) in [4.78, 5) is 43.6. The van der Waals surface area contributed by atoms with E-state index >= 15 is 0 Å². The zero-order chi connectivity index (χ0) is 26.9. The standard InChI is InChI=1S/C29H35N3O5S/c1-2-25(34)32(23-12-8-3-4-9-13-23)18-19-37-29(36)31(20-21-10-6-5-7-11-21)17-16-22-14-15-24(33)26-27(22)38-28(35)30-26/h2,5-7,10-11,14-15,23,33H,1,3-4,8-9,12-13,16-20H2,(H,30,35). The van der Waals surface area contributed by atoms with Crippen molar-refractivity contribution in [3.8, 4) is 5.75 Å². The molecule has 4 rings (SSSR count). The first-order chi connectivity index (χ1) is 18.5. The molecule has 0 radical (unpaired) electrons.